The second-order valence-corrected chi connectivity index (χ2v) is 9.83. The average Bonchev–Trinajstić information content (AvgIpc) is 2.34. The van der Waals surface area contributed by atoms with Crippen LogP contribution in [0.5, 0.6) is 0 Å². The fraction of sp³-hybridized carbons (Fsp3) is 1.00. The average molecular weight is 317 g/mol. The lowest BCUT2D eigenvalue weighted by Gasteiger charge is -2.47. The molecule has 1 heterocycles. The van der Waals surface area contributed by atoms with Gasteiger partial charge in [-0.3, -0.25) is 0 Å². The maximum atomic E-state index is 11.7. The van der Waals surface area contributed by atoms with Crippen molar-refractivity contribution in [1.29, 1.82) is 0 Å². The van der Waals surface area contributed by atoms with Crippen molar-refractivity contribution < 1.29 is 8.42 Å². The third kappa shape index (κ3) is 4.67. The zero-order valence-electron chi connectivity index (χ0n) is 14.1. The summed E-state index contributed by atoms with van der Waals surface area (Å²) in [4.78, 5) is 4.99. The standard InChI is InChI=1S/C16H32N2O2S/c1-14(2)17(3)15-6-10-18(11-7-15)12-16(8-5-9-16)13-21(4,19)20/h14-15H,5-13H2,1-4H3. The van der Waals surface area contributed by atoms with Crippen LogP contribution < -0.4 is 0 Å². The summed E-state index contributed by atoms with van der Waals surface area (Å²) in [5.74, 6) is 0.381. The molecule has 0 aromatic rings. The predicted molar refractivity (Wildman–Crippen MR) is 88.4 cm³/mol. The Labute approximate surface area is 130 Å². The van der Waals surface area contributed by atoms with Crippen molar-refractivity contribution in [2.24, 2.45) is 5.41 Å². The number of piperidine rings is 1. The highest BCUT2D eigenvalue weighted by molar-refractivity contribution is 7.90. The van der Waals surface area contributed by atoms with Crippen LogP contribution in [0.15, 0.2) is 0 Å². The summed E-state index contributed by atoms with van der Waals surface area (Å²) in [6.45, 7) is 7.72. The molecule has 0 N–H and O–H groups in total. The van der Waals surface area contributed by atoms with Crippen LogP contribution in [0.1, 0.15) is 46.0 Å². The first-order valence-corrected chi connectivity index (χ1v) is 10.4. The van der Waals surface area contributed by atoms with Gasteiger partial charge in [0.1, 0.15) is 9.84 Å². The summed E-state index contributed by atoms with van der Waals surface area (Å²) in [7, 11) is -0.639. The van der Waals surface area contributed by atoms with Gasteiger partial charge in [0.2, 0.25) is 0 Å². The molecule has 0 aromatic carbocycles. The molecule has 0 radical (unpaired) electrons. The molecule has 2 aliphatic rings. The molecule has 124 valence electrons. The Kier molecular flexibility index (Phi) is 5.37. The molecule has 2 fully saturated rings. The minimum Gasteiger partial charge on any atom is -0.303 e. The molecule has 1 aliphatic heterocycles. The number of nitrogens with zero attached hydrogens (tertiary/aromatic N) is 2. The fourth-order valence-corrected chi connectivity index (χ4v) is 5.45. The van der Waals surface area contributed by atoms with Gasteiger partial charge in [0.05, 0.1) is 5.75 Å². The molecule has 0 amide bonds. The number of sulfone groups is 1. The number of rotatable bonds is 6. The third-order valence-electron chi connectivity index (χ3n) is 5.49. The molecule has 0 aromatic heterocycles. The molecule has 4 nitrogen and oxygen atoms in total. The van der Waals surface area contributed by atoms with Gasteiger partial charge in [-0.05, 0) is 65.1 Å². The van der Waals surface area contributed by atoms with Gasteiger partial charge < -0.3 is 9.80 Å². The van der Waals surface area contributed by atoms with E-state index in [1.54, 1.807) is 0 Å². The highest BCUT2D eigenvalue weighted by Crippen LogP contribution is 2.43. The van der Waals surface area contributed by atoms with Crippen molar-refractivity contribution in [1.82, 2.24) is 9.80 Å². The normalized spacial score (nSPS) is 24.5. The number of likely N-dealkylation sites (tertiary alicyclic amines) is 1. The summed E-state index contributed by atoms with van der Waals surface area (Å²) < 4.78 is 23.3. The van der Waals surface area contributed by atoms with Gasteiger partial charge in [-0.25, -0.2) is 8.42 Å². The highest BCUT2D eigenvalue weighted by Gasteiger charge is 2.41. The minimum absolute atomic E-state index is 0.0599. The Morgan fingerprint density at radius 1 is 1.24 bits per heavy atom. The van der Waals surface area contributed by atoms with Gasteiger partial charge in [-0.2, -0.15) is 0 Å². The zero-order chi connectivity index (χ0) is 15.7. The van der Waals surface area contributed by atoms with Crippen molar-refractivity contribution in [3.8, 4) is 0 Å². The van der Waals surface area contributed by atoms with Gasteiger partial charge in [0, 0.05) is 24.9 Å². The lowest BCUT2D eigenvalue weighted by molar-refractivity contribution is 0.0490. The van der Waals surface area contributed by atoms with Crippen LogP contribution in [0.2, 0.25) is 0 Å². The second-order valence-electron chi connectivity index (χ2n) is 7.69. The Morgan fingerprint density at radius 2 is 1.81 bits per heavy atom. The number of hydrogen-bond acceptors (Lipinski definition) is 4. The first-order valence-electron chi connectivity index (χ1n) is 8.33. The van der Waals surface area contributed by atoms with Gasteiger partial charge in [0.15, 0.2) is 0 Å². The first-order chi connectivity index (χ1) is 9.71. The Balaban J connectivity index is 1.85. The summed E-state index contributed by atoms with van der Waals surface area (Å²) in [6, 6.07) is 1.29. The highest BCUT2D eigenvalue weighted by atomic mass is 32.2. The van der Waals surface area contributed by atoms with E-state index in [2.05, 4.69) is 30.7 Å². The van der Waals surface area contributed by atoms with Crippen molar-refractivity contribution in [2.75, 3.05) is 38.7 Å². The minimum atomic E-state index is -2.86. The second kappa shape index (κ2) is 6.55. The molecular weight excluding hydrogens is 284 g/mol. The maximum absolute atomic E-state index is 11.7. The monoisotopic (exact) mass is 316 g/mol. The summed E-state index contributed by atoms with van der Waals surface area (Å²) in [5, 5.41) is 0. The fourth-order valence-electron chi connectivity index (χ4n) is 3.96. The Hall–Kier alpha value is -0.130. The van der Waals surface area contributed by atoms with E-state index in [0.717, 1.165) is 32.5 Å². The molecule has 0 spiro atoms. The third-order valence-corrected chi connectivity index (χ3v) is 6.63. The SMILES string of the molecule is CC(C)N(C)C1CCN(CC2(CS(C)(=O)=O)CCC2)CC1. The largest absolute Gasteiger partial charge is 0.303 e. The van der Waals surface area contributed by atoms with Crippen molar-refractivity contribution >= 4 is 9.84 Å². The van der Waals surface area contributed by atoms with E-state index in [1.165, 1.54) is 25.5 Å². The molecule has 0 bridgehead atoms. The van der Waals surface area contributed by atoms with Crippen LogP contribution in [0.25, 0.3) is 0 Å². The van der Waals surface area contributed by atoms with E-state index in [9.17, 15) is 8.42 Å². The van der Waals surface area contributed by atoms with Crippen molar-refractivity contribution in [3.63, 3.8) is 0 Å². The number of hydrogen-bond donors (Lipinski definition) is 0. The Morgan fingerprint density at radius 3 is 2.19 bits per heavy atom. The molecule has 5 heteroatoms. The summed E-state index contributed by atoms with van der Waals surface area (Å²) in [5.41, 5.74) is 0.0599. The van der Waals surface area contributed by atoms with E-state index in [0.29, 0.717) is 17.8 Å². The van der Waals surface area contributed by atoms with Crippen LogP contribution in [0, 0.1) is 5.41 Å². The maximum Gasteiger partial charge on any atom is 0.148 e. The quantitative estimate of drug-likeness (QED) is 0.751. The molecule has 0 unspecified atom stereocenters. The molecule has 1 aliphatic carbocycles. The molecule has 0 atom stereocenters. The van der Waals surface area contributed by atoms with Crippen LogP contribution in [-0.4, -0.2) is 69.0 Å². The van der Waals surface area contributed by atoms with Crippen molar-refractivity contribution in [2.45, 2.75) is 58.0 Å². The van der Waals surface area contributed by atoms with Crippen LogP contribution in [0.3, 0.4) is 0 Å². The van der Waals surface area contributed by atoms with Crippen molar-refractivity contribution in [3.05, 3.63) is 0 Å². The van der Waals surface area contributed by atoms with Gasteiger partial charge >= 0.3 is 0 Å². The van der Waals surface area contributed by atoms with E-state index in [-0.39, 0.29) is 5.41 Å². The first kappa shape index (κ1) is 17.2. The summed E-state index contributed by atoms with van der Waals surface area (Å²) >= 11 is 0. The lowest BCUT2D eigenvalue weighted by Crippen LogP contribution is -2.51. The van der Waals surface area contributed by atoms with Gasteiger partial charge in [-0.1, -0.05) is 6.42 Å². The smallest absolute Gasteiger partial charge is 0.148 e. The van der Waals surface area contributed by atoms with Crippen LogP contribution in [0.4, 0.5) is 0 Å². The lowest BCUT2D eigenvalue weighted by atomic mass is 9.69. The van der Waals surface area contributed by atoms with E-state index >= 15 is 0 Å². The van der Waals surface area contributed by atoms with Crippen LogP contribution in [-0.2, 0) is 9.84 Å². The van der Waals surface area contributed by atoms with E-state index in [4.69, 9.17) is 0 Å². The topological polar surface area (TPSA) is 40.6 Å². The van der Waals surface area contributed by atoms with Crippen LogP contribution >= 0.6 is 0 Å². The molecule has 1 saturated heterocycles. The zero-order valence-corrected chi connectivity index (χ0v) is 15.0. The van der Waals surface area contributed by atoms with Gasteiger partial charge in [-0.15, -0.1) is 0 Å². The molecular formula is C16H32N2O2S. The molecule has 2 rings (SSSR count). The predicted octanol–water partition coefficient (Wildman–Crippen LogP) is 2.01. The van der Waals surface area contributed by atoms with Gasteiger partial charge in [0.25, 0.3) is 0 Å². The Bertz CT molecular complexity index is 435. The van der Waals surface area contributed by atoms with E-state index in [1.807, 2.05) is 0 Å². The molecule has 21 heavy (non-hydrogen) atoms. The van der Waals surface area contributed by atoms with E-state index < -0.39 is 9.84 Å². The molecule has 1 saturated carbocycles. The summed E-state index contributed by atoms with van der Waals surface area (Å²) in [6.07, 6.45) is 7.18.